The molecule has 0 saturated carbocycles. The molecule has 7 heteroatoms. The third kappa shape index (κ3) is 2.56. The van der Waals surface area contributed by atoms with E-state index in [1.807, 2.05) is 0 Å². The molecule has 0 aromatic heterocycles. The summed E-state index contributed by atoms with van der Waals surface area (Å²) in [5, 5.41) is 0. The highest BCUT2D eigenvalue weighted by atomic mass is 32.2. The summed E-state index contributed by atoms with van der Waals surface area (Å²) in [5.74, 6) is -0.392. The number of ether oxygens (including phenoxy) is 2. The summed E-state index contributed by atoms with van der Waals surface area (Å²) in [5.41, 5.74) is 0. The summed E-state index contributed by atoms with van der Waals surface area (Å²) in [4.78, 5) is 11.7. The topological polar surface area (TPSA) is 92.7 Å². The maximum atomic E-state index is 12.0. The first-order chi connectivity index (χ1) is 9.43. The molecule has 2 saturated heterocycles. The lowest BCUT2D eigenvalue weighted by molar-refractivity contribution is -0.140. The zero-order chi connectivity index (χ0) is 14.3. The number of esters is 1. The average molecular weight is 297 g/mol. The van der Waals surface area contributed by atoms with Gasteiger partial charge in [0.25, 0.3) is 0 Å². The quantitative estimate of drug-likeness (QED) is 0.470. The lowest BCUT2D eigenvalue weighted by Crippen LogP contribution is -2.29. The van der Waals surface area contributed by atoms with Gasteiger partial charge in [0.05, 0.1) is 23.0 Å². The minimum absolute atomic E-state index is 0.0613. The molecule has 2 heterocycles. The second-order valence-electron chi connectivity index (χ2n) is 5.06. The fraction of sp³-hybridized carbons (Fsp3) is 0.462. The Morgan fingerprint density at radius 3 is 2.45 bits per heavy atom. The zero-order valence-electron chi connectivity index (χ0n) is 10.5. The first-order valence-electron chi connectivity index (χ1n) is 6.36. The van der Waals surface area contributed by atoms with Gasteiger partial charge < -0.3 is 14.0 Å². The summed E-state index contributed by atoms with van der Waals surface area (Å²) >= 11 is 0. The summed E-state index contributed by atoms with van der Waals surface area (Å²) in [7, 11) is -4.48. The van der Waals surface area contributed by atoms with E-state index in [4.69, 9.17) is 9.47 Å². The molecule has 2 aliphatic heterocycles. The van der Waals surface area contributed by atoms with Crippen LogP contribution in [0.2, 0.25) is 0 Å². The lowest BCUT2D eigenvalue weighted by Gasteiger charge is -2.17. The van der Waals surface area contributed by atoms with E-state index in [2.05, 4.69) is 0 Å². The molecule has 3 rings (SSSR count). The molecule has 0 N–H and O–H groups in total. The van der Waals surface area contributed by atoms with Gasteiger partial charge in [-0.1, -0.05) is 0 Å². The van der Waals surface area contributed by atoms with Crippen LogP contribution in [0.5, 0.6) is 5.75 Å². The van der Waals surface area contributed by atoms with Crippen molar-refractivity contribution in [3.8, 4) is 5.75 Å². The Balaban J connectivity index is 1.67. The van der Waals surface area contributed by atoms with Crippen molar-refractivity contribution in [2.45, 2.75) is 36.4 Å². The standard InChI is InChI=1S/C13H14O6S/c14-13(11-7-9-3-6-12(11)18-9)19-8-1-4-10(5-2-8)20(15,16)17/h1-2,4-5,9,11-12H,3,6-7H2,(H,15,16,17)/p-1. The van der Waals surface area contributed by atoms with E-state index in [1.165, 1.54) is 12.1 Å². The molecule has 3 unspecified atom stereocenters. The van der Waals surface area contributed by atoms with Crippen molar-refractivity contribution in [1.82, 2.24) is 0 Å². The summed E-state index contributed by atoms with van der Waals surface area (Å²) < 4.78 is 43.1. The van der Waals surface area contributed by atoms with E-state index >= 15 is 0 Å². The molecule has 0 aliphatic carbocycles. The maximum absolute atomic E-state index is 12.0. The fourth-order valence-corrected chi connectivity index (χ4v) is 3.22. The lowest BCUT2D eigenvalue weighted by atomic mass is 9.89. The molecule has 2 aliphatic rings. The molecule has 2 fully saturated rings. The van der Waals surface area contributed by atoms with Crippen LogP contribution in [0.15, 0.2) is 29.2 Å². The number of rotatable bonds is 3. The van der Waals surface area contributed by atoms with Gasteiger partial charge in [-0.3, -0.25) is 4.79 Å². The molecule has 108 valence electrons. The summed E-state index contributed by atoms with van der Waals surface area (Å²) in [6, 6.07) is 4.86. The highest BCUT2D eigenvalue weighted by Crippen LogP contribution is 2.39. The molecular formula is C13H13O6S-. The van der Waals surface area contributed by atoms with Gasteiger partial charge in [-0.05, 0) is 43.5 Å². The molecular weight excluding hydrogens is 284 g/mol. The SMILES string of the molecule is O=C(Oc1ccc(S(=O)(=O)[O-])cc1)C1CC2CCC1O2. The van der Waals surface area contributed by atoms with E-state index in [-0.39, 0.29) is 34.7 Å². The highest BCUT2D eigenvalue weighted by molar-refractivity contribution is 7.85. The Labute approximate surface area is 116 Å². The van der Waals surface area contributed by atoms with E-state index in [1.54, 1.807) is 0 Å². The van der Waals surface area contributed by atoms with Crippen molar-refractivity contribution in [3.63, 3.8) is 0 Å². The van der Waals surface area contributed by atoms with Crippen molar-refractivity contribution < 1.29 is 27.2 Å². The van der Waals surface area contributed by atoms with E-state index < -0.39 is 10.1 Å². The van der Waals surface area contributed by atoms with Crippen LogP contribution in [-0.2, 0) is 19.6 Å². The van der Waals surface area contributed by atoms with E-state index in [0.29, 0.717) is 6.42 Å². The predicted octanol–water partition coefficient (Wildman–Crippen LogP) is 1.06. The molecule has 0 amide bonds. The van der Waals surface area contributed by atoms with Gasteiger partial charge >= 0.3 is 5.97 Å². The molecule has 0 radical (unpaired) electrons. The van der Waals surface area contributed by atoms with Crippen LogP contribution < -0.4 is 4.74 Å². The highest BCUT2D eigenvalue weighted by Gasteiger charge is 2.45. The van der Waals surface area contributed by atoms with Crippen LogP contribution in [0.25, 0.3) is 0 Å². The molecule has 20 heavy (non-hydrogen) atoms. The summed E-state index contributed by atoms with van der Waals surface area (Å²) in [6.07, 6.45) is 2.64. The Bertz CT molecular complexity index is 621. The van der Waals surface area contributed by atoms with Crippen LogP contribution >= 0.6 is 0 Å². The second kappa shape index (κ2) is 4.83. The minimum Gasteiger partial charge on any atom is -0.744 e. The first-order valence-corrected chi connectivity index (χ1v) is 7.77. The van der Waals surface area contributed by atoms with Crippen LogP contribution in [-0.4, -0.2) is 31.1 Å². The Morgan fingerprint density at radius 1 is 1.25 bits per heavy atom. The Morgan fingerprint density at radius 2 is 1.95 bits per heavy atom. The van der Waals surface area contributed by atoms with Crippen molar-refractivity contribution in [2.75, 3.05) is 0 Å². The molecule has 0 spiro atoms. The van der Waals surface area contributed by atoms with Gasteiger partial charge in [0.2, 0.25) is 0 Å². The molecule has 1 aromatic carbocycles. The normalized spacial score (nSPS) is 28.6. The van der Waals surface area contributed by atoms with Gasteiger partial charge in [-0.25, -0.2) is 8.42 Å². The third-order valence-electron chi connectivity index (χ3n) is 3.74. The maximum Gasteiger partial charge on any atom is 0.317 e. The van der Waals surface area contributed by atoms with Crippen LogP contribution in [0, 0.1) is 5.92 Å². The van der Waals surface area contributed by atoms with E-state index in [0.717, 1.165) is 25.0 Å². The first kappa shape index (κ1) is 13.5. The van der Waals surface area contributed by atoms with E-state index in [9.17, 15) is 17.8 Å². The van der Waals surface area contributed by atoms with Gasteiger partial charge in [-0.2, -0.15) is 0 Å². The van der Waals surface area contributed by atoms with Crippen molar-refractivity contribution in [3.05, 3.63) is 24.3 Å². The molecule has 1 aromatic rings. The average Bonchev–Trinajstić information content (AvgIpc) is 3.00. The van der Waals surface area contributed by atoms with Crippen molar-refractivity contribution in [2.24, 2.45) is 5.92 Å². The Hall–Kier alpha value is -1.44. The minimum atomic E-state index is -4.48. The number of fused-ring (bicyclic) bond motifs is 2. The number of hydrogen-bond acceptors (Lipinski definition) is 6. The molecule has 2 bridgehead atoms. The smallest absolute Gasteiger partial charge is 0.317 e. The van der Waals surface area contributed by atoms with Gasteiger partial charge in [-0.15, -0.1) is 0 Å². The third-order valence-corrected chi connectivity index (χ3v) is 4.59. The van der Waals surface area contributed by atoms with Crippen LogP contribution in [0.1, 0.15) is 19.3 Å². The van der Waals surface area contributed by atoms with Gasteiger partial charge in [0, 0.05) is 0 Å². The van der Waals surface area contributed by atoms with Gasteiger partial charge in [0.15, 0.2) is 0 Å². The second-order valence-corrected chi connectivity index (χ2v) is 6.44. The van der Waals surface area contributed by atoms with Gasteiger partial charge in [0.1, 0.15) is 15.9 Å². The number of benzene rings is 1. The number of hydrogen-bond donors (Lipinski definition) is 0. The number of carbonyl (C=O) groups is 1. The van der Waals surface area contributed by atoms with Crippen LogP contribution in [0.4, 0.5) is 0 Å². The van der Waals surface area contributed by atoms with Crippen LogP contribution in [0.3, 0.4) is 0 Å². The molecule has 6 nitrogen and oxygen atoms in total. The van der Waals surface area contributed by atoms with Crippen molar-refractivity contribution >= 4 is 16.1 Å². The summed E-state index contributed by atoms with van der Waals surface area (Å²) in [6.45, 7) is 0. The fourth-order valence-electron chi connectivity index (χ4n) is 2.75. The predicted molar refractivity (Wildman–Crippen MR) is 66.0 cm³/mol. The zero-order valence-corrected chi connectivity index (χ0v) is 11.3. The van der Waals surface area contributed by atoms with Crippen molar-refractivity contribution in [1.29, 1.82) is 0 Å². The number of carbonyl (C=O) groups excluding carboxylic acids is 1. The molecule has 3 atom stereocenters. The monoisotopic (exact) mass is 297 g/mol. The Kier molecular flexibility index (Phi) is 3.27. The largest absolute Gasteiger partial charge is 0.744 e.